The van der Waals surface area contributed by atoms with E-state index in [0.29, 0.717) is 0 Å². The average molecular weight is 283 g/mol. The zero-order valence-corrected chi connectivity index (χ0v) is 10.1. The molecular weight excluding hydrogens is 271 g/mol. The van der Waals surface area contributed by atoms with Crippen molar-refractivity contribution < 1.29 is 37.0 Å². The topological polar surface area (TPSA) is 81.7 Å². The largest absolute Gasteiger partial charge is 0.471 e. The fraction of sp³-hybridized carbons (Fsp3) is 0.500. The SMILES string of the molecule is C=CC(NC(=O)C(F)(F)F)C(C(=O)OC)C(=O)OC. The second-order valence-corrected chi connectivity index (χ2v) is 3.26. The lowest BCUT2D eigenvalue weighted by Crippen LogP contribution is -2.50. The molecule has 6 nitrogen and oxygen atoms in total. The van der Waals surface area contributed by atoms with E-state index in [0.717, 1.165) is 20.3 Å². The quantitative estimate of drug-likeness (QED) is 0.442. The summed E-state index contributed by atoms with van der Waals surface area (Å²) >= 11 is 0. The molecule has 1 amide bonds. The lowest BCUT2D eigenvalue weighted by Gasteiger charge is -2.21. The van der Waals surface area contributed by atoms with Gasteiger partial charge >= 0.3 is 24.0 Å². The molecule has 0 fully saturated rings. The van der Waals surface area contributed by atoms with Gasteiger partial charge in [-0.25, -0.2) is 0 Å². The van der Waals surface area contributed by atoms with Crippen molar-refractivity contribution in [3.63, 3.8) is 0 Å². The van der Waals surface area contributed by atoms with Gasteiger partial charge in [-0.15, -0.1) is 6.58 Å². The summed E-state index contributed by atoms with van der Waals surface area (Å²) in [5.41, 5.74) is 0. The molecule has 0 aliphatic heterocycles. The number of ether oxygens (including phenoxy) is 2. The highest BCUT2D eigenvalue weighted by molar-refractivity contribution is 5.97. The van der Waals surface area contributed by atoms with E-state index in [9.17, 15) is 27.6 Å². The summed E-state index contributed by atoms with van der Waals surface area (Å²) in [4.78, 5) is 33.5. The van der Waals surface area contributed by atoms with Crippen LogP contribution in [0.3, 0.4) is 0 Å². The molecule has 0 aliphatic rings. The van der Waals surface area contributed by atoms with Gasteiger partial charge in [0, 0.05) is 0 Å². The van der Waals surface area contributed by atoms with Gasteiger partial charge in [-0.05, 0) is 0 Å². The molecule has 0 aliphatic carbocycles. The highest BCUT2D eigenvalue weighted by Gasteiger charge is 2.43. The second-order valence-electron chi connectivity index (χ2n) is 3.26. The number of halogens is 3. The Bertz CT molecular complexity index is 364. The second kappa shape index (κ2) is 6.76. The normalized spacial score (nSPS) is 12.5. The van der Waals surface area contributed by atoms with Gasteiger partial charge in [0.25, 0.3) is 0 Å². The molecule has 1 atom stereocenters. The maximum Gasteiger partial charge on any atom is 0.471 e. The third kappa shape index (κ3) is 4.60. The predicted molar refractivity (Wildman–Crippen MR) is 55.7 cm³/mol. The minimum atomic E-state index is -5.15. The number of rotatable bonds is 5. The Kier molecular flexibility index (Phi) is 6.03. The van der Waals surface area contributed by atoms with Crippen LogP contribution in [0.2, 0.25) is 0 Å². The predicted octanol–water partition coefficient (Wildman–Crippen LogP) is 0.182. The molecule has 108 valence electrons. The van der Waals surface area contributed by atoms with Crippen molar-refractivity contribution in [3.05, 3.63) is 12.7 Å². The third-order valence-electron chi connectivity index (χ3n) is 2.08. The summed E-state index contributed by atoms with van der Waals surface area (Å²) in [7, 11) is 1.87. The Hall–Kier alpha value is -2.06. The van der Waals surface area contributed by atoms with Gasteiger partial charge in [-0.1, -0.05) is 6.08 Å². The van der Waals surface area contributed by atoms with Crippen molar-refractivity contribution in [1.29, 1.82) is 0 Å². The molecule has 19 heavy (non-hydrogen) atoms. The van der Waals surface area contributed by atoms with Gasteiger partial charge in [0.2, 0.25) is 0 Å². The maximum absolute atomic E-state index is 12.1. The van der Waals surface area contributed by atoms with Crippen molar-refractivity contribution in [3.8, 4) is 0 Å². The van der Waals surface area contributed by atoms with Gasteiger partial charge < -0.3 is 14.8 Å². The number of carbonyl (C=O) groups is 3. The molecule has 0 aromatic carbocycles. The number of amides is 1. The molecular formula is C10H12F3NO5. The van der Waals surface area contributed by atoms with E-state index in [-0.39, 0.29) is 0 Å². The van der Waals surface area contributed by atoms with E-state index < -0.39 is 36.0 Å². The van der Waals surface area contributed by atoms with E-state index in [2.05, 4.69) is 16.1 Å². The first-order valence-corrected chi connectivity index (χ1v) is 4.85. The molecule has 0 heterocycles. The van der Waals surface area contributed by atoms with Crippen LogP contribution in [-0.2, 0) is 23.9 Å². The number of nitrogens with one attached hydrogen (secondary N) is 1. The highest BCUT2D eigenvalue weighted by Crippen LogP contribution is 2.17. The van der Waals surface area contributed by atoms with Crippen LogP contribution >= 0.6 is 0 Å². The Morgan fingerprint density at radius 1 is 1.16 bits per heavy atom. The van der Waals surface area contributed by atoms with Crippen LogP contribution in [0.1, 0.15) is 0 Å². The summed E-state index contributed by atoms with van der Waals surface area (Å²) in [5.74, 6) is -6.38. The smallest absolute Gasteiger partial charge is 0.468 e. The van der Waals surface area contributed by atoms with Crippen molar-refractivity contribution >= 4 is 17.8 Å². The van der Waals surface area contributed by atoms with Gasteiger partial charge in [-0.2, -0.15) is 13.2 Å². The lowest BCUT2D eigenvalue weighted by atomic mass is 10.00. The van der Waals surface area contributed by atoms with Gasteiger partial charge in [0.05, 0.1) is 20.3 Å². The van der Waals surface area contributed by atoms with E-state index >= 15 is 0 Å². The Labute approximate surface area is 106 Å². The Balaban J connectivity index is 5.16. The lowest BCUT2D eigenvalue weighted by molar-refractivity contribution is -0.175. The molecule has 0 bridgehead atoms. The molecule has 0 aromatic heterocycles. The summed E-state index contributed by atoms with van der Waals surface area (Å²) in [6, 6.07) is -1.60. The maximum atomic E-state index is 12.1. The molecule has 0 rings (SSSR count). The minimum absolute atomic E-state index is 0.808. The Morgan fingerprint density at radius 2 is 1.58 bits per heavy atom. The zero-order chi connectivity index (χ0) is 15.2. The van der Waals surface area contributed by atoms with Crippen molar-refractivity contribution in [2.75, 3.05) is 14.2 Å². The van der Waals surface area contributed by atoms with Crippen LogP contribution in [0.15, 0.2) is 12.7 Å². The average Bonchev–Trinajstić information content (AvgIpc) is 2.35. The molecule has 1 N–H and O–H groups in total. The summed E-state index contributed by atoms with van der Waals surface area (Å²) in [6.45, 7) is 3.15. The molecule has 0 radical (unpaired) electrons. The van der Waals surface area contributed by atoms with Gasteiger partial charge in [-0.3, -0.25) is 14.4 Å². The van der Waals surface area contributed by atoms with Crippen LogP contribution in [-0.4, -0.2) is 44.3 Å². The van der Waals surface area contributed by atoms with E-state index in [1.54, 1.807) is 0 Å². The van der Waals surface area contributed by atoms with Crippen LogP contribution in [0.5, 0.6) is 0 Å². The molecule has 0 aromatic rings. The molecule has 1 unspecified atom stereocenters. The fourth-order valence-corrected chi connectivity index (χ4v) is 1.15. The van der Waals surface area contributed by atoms with Gasteiger partial charge in [0.15, 0.2) is 5.92 Å². The first-order valence-electron chi connectivity index (χ1n) is 4.85. The first-order chi connectivity index (χ1) is 8.68. The molecule has 0 spiro atoms. The van der Waals surface area contributed by atoms with E-state index in [1.807, 2.05) is 0 Å². The fourth-order valence-electron chi connectivity index (χ4n) is 1.15. The first kappa shape index (κ1) is 16.9. The number of carbonyl (C=O) groups excluding carboxylic acids is 3. The number of esters is 2. The van der Waals surface area contributed by atoms with Crippen molar-refractivity contribution in [2.45, 2.75) is 12.2 Å². The third-order valence-corrected chi connectivity index (χ3v) is 2.08. The number of alkyl halides is 3. The highest BCUT2D eigenvalue weighted by atomic mass is 19.4. The van der Waals surface area contributed by atoms with Crippen LogP contribution in [0.4, 0.5) is 13.2 Å². The monoisotopic (exact) mass is 283 g/mol. The van der Waals surface area contributed by atoms with Crippen molar-refractivity contribution in [1.82, 2.24) is 5.32 Å². The zero-order valence-electron chi connectivity index (χ0n) is 10.1. The van der Waals surface area contributed by atoms with Gasteiger partial charge in [0.1, 0.15) is 0 Å². The summed E-state index contributed by atoms with van der Waals surface area (Å²) in [6.07, 6.45) is -4.35. The number of hydrogen-bond donors (Lipinski definition) is 1. The Morgan fingerprint density at radius 3 is 1.84 bits per heavy atom. The van der Waals surface area contributed by atoms with E-state index in [1.165, 1.54) is 5.32 Å². The van der Waals surface area contributed by atoms with E-state index in [4.69, 9.17) is 0 Å². The molecule has 0 saturated heterocycles. The van der Waals surface area contributed by atoms with Crippen LogP contribution in [0.25, 0.3) is 0 Å². The van der Waals surface area contributed by atoms with Crippen LogP contribution < -0.4 is 5.32 Å². The molecule has 9 heteroatoms. The summed E-state index contributed by atoms with van der Waals surface area (Å²) < 4.78 is 44.8. The standard InChI is InChI=1S/C10H12F3NO5/c1-4-5(14-9(17)10(11,12)13)6(7(15)18-2)8(16)19-3/h4-6H,1H2,2-3H3,(H,14,17). The number of hydrogen-bond acceptors (Lipinski definition) is 5. The number of methoxy groups -OCH3 is 2. The minimum Gasteiger partial charge on any atom is -0.468 e. The summed E-state index contributed by atoms with van der Waals surface area (Å²) in [5, 5.41) is 1.45. The van der Waals surface area contributed by atoms with Crippen LogP contribution in [0, 0.1) is 5.92 Å². The van der Waals surface area contributed by atoms with Crippen molar-refractivity contribution in [2.24, 2.45) is 5.92 Å². The molecule has 0 saturated carbocycles.